The van der Waals surface area contributed by atoms with Crippen LogP contribution in [0.1, 0.15) is 26.7 Å². The molecule has 1 N–H and O–H groups in total. The van der Waals surface area contributed by atoms with Gasteiger partial charge in [0.15, 0.2) is 0 Å². The average Bonchev–Trinajstić information content (AvgIpc) is 2.38. The number of piperidine rings is 1. The number of ether oxygens (including phenoxy) is 1. The summed E-state index contributed by atoms with van der Waals surface area (Å²) in [5.41, 5.74) is 0. The number of nitrogens with zero attached hydrogens (tertiary/aromatic N) is 2. The van der Waals surface area contributed by atoms with Crippen LogP contribution in [0.2, 0.25) is 0 Å². The Hall–Kier alpha value is -1.30. The molecule has 2 amide bonds. The zero-order valence-corrected chi connectivity index (χ0v) is 12.3. The summed E-state index contributed by atoms with van der Waals surface area (Å²) in [4.78, 5) is 26.6. The van der Waals surface area contributed by atoms with E-state index in [1.807, 2.05) is 6.92 Å². The number of hydrogen-bond donors (Lipinski definition) is 1. The van der Waals surface area contributed by atoms with Gasteiger partial charge in [-0.1, -0.05) is 0 Å². The molecule has 1 fully saturated rings. The quantitative estimate of drug-likeness (QED) is 0.816. The van der Waals surface area contributed by atoms with Gasteiger partial charge in [-0.25, -0.2) is 4.79 Å². The predicted octanol–water partition coefficient (Wildman–Crippen LogP) is 0.674. The smallest absolute Gasteiger partial charge is 0.409 e. The lowest BCUT2D eigenvalue weighted by Gasteiger charge is -2.33. The zero-order valence-electron chi connectivity index (χ0n) is 12.3. The van der Waals surface area contributed by atoms with E-state index in [-0.39, 0.29) is 24.1 Å². The van der Waals surface area contributed by atoms with E-state index in [1.165, 1.54) is 0 Å². The molecule has 0 aromatic rings. The number of rotatable bonds is 4. The van der Waals surface area contributed by atoms with Crippen LogP contribution in [0, 0.1) is 0 Å². The number of hydrogen-bond acceptors (Lipinski definition) is 4. The Morgan fingerprint density at radius 3 is 2.42 bits per heavy atom. The summed E-state index contributed by atoms with van der Waals surface area (Å²) in [6.45, 7) is 5.45. The van der Waals surface area contributed by atoms with Crippen molar-refractivity contribution < 1.29 is 14.3 Å². The maximum atomic E-state index is 11.8. The Morgan fingerprint density at radius 2 is 1.95 bits per heavy atom. The topological polar surface area (TPSA) is 61.9 Å². The second kappa shape index (κ2) is 7.33. The Morgan fingerprint density at radius 1 is 1.37 bits per heavy atom. The standard InChI is InChI=1S/C13H25N3O3/c1-5-19-13(18)16-8-6-11(7-9-16)14-10(2)12(17)15(3)4/h10-11,14H,5-9H2,1-4H3. The van der Waals surface area contributed by atoms with E-state index in [2.05, 4.69) is 5.32 Å². The molecule has 0 aromatic carbocycles. The summed E-state index contributed by atoms with van der Waals surface area (Å²) < 4.78 is 4.97. The van der Waals surface area contributed by atoms with E-state index in [1.54, 1.807) is 30.8 Å². The third-order valence-corrected chi connectivity index (χ3v) is 3.32. The first-order valence-electron chi connectivity index (χ1n) is 6.84. The third-order valence-electron chi connectivity index (χ3n) is 3.32. The first-order valence-corrected chi connectivity index (χ1v) is 6.84. The normalized spacial score (nSPS) is 18.0. The monoisotopic (exact) mass is 271 g/mol. The van der Waals surface area contributed by atoms with E-state index in [0.717, 1.165) is 12.8 Å². The fourth-order valence-corrected chi connectivity index (χ4v) is 2.26. The van der Waals surface area contributed by atoms with Gasteiger partial charge >= 0.3 is 6.09 Å². The fourth-order valence-electron chi connectivity index (χ4n) is 2.26. The van der Waals surface area contributed by atoms with Crippen LogP contribution >= 0.6 is 0 Å². The summed E-state index contributed by atoms with van der Waals surface area (Å²) in [7, 11) is 3.51. The van der Waals surface area contributed by atoms with Crippen LogP contribution in [0.25, 0.3) is 0 Å². The van der Waals surface area contributed by atoms with Gasteiger partial charge in [0.2, 0.25) is 5.91 Å². The highest BCUT2D eigenvalue weighted by atomic mass is 16.6. The van der Waals surface area contributed by atoms with Gasteiger partial charge in [0.05, 0.1) is 12.6 Å². The molecule has 6 nitrogen and oxygen atoms in total. The molecule has 0 saturated carbocycles. The Balaban J connectivity index is 2.34. The molecule has 1 aliphatic heterocycles. The van der Waals surface area contributed by atoms with E-state index in [4.69, 9.17) is 4.74 Å². The van der Waals surface area contributed by atoms with Crippen molar-refractivity contribution in [2.75, 3.05) is 33.8 Å². The minimum atomic E-state index is -0.238. The summed E-state index contributed by atoms with van der Waals surface area (Å²) in [5, 5.41) is 3.32. The zero-order chi connectivity index (χ0) is 14.4. The van der Waals surface area contributed by atoms with E-state index in [9.17, 15) is 9.59 Å². The van der Waals surface area contributed by atoms with Crippen molar-refractivity contribution in [2.24, 2.45) is 0 Å². The molecule has 1 rings (SSSR count). The second-order valence-corrected chi connectivity index (χ2v) is 5.08. The summed E-state index contributed by atoms with van der Waals surface area (Å²) in [5.74, 6) is 0.0767. The summed E-state index contributed by atoms with van der Waals surface area (Å²) in [6, 6.07) is 0.0960. The van der Waals surface area contributed by atoms with E-state index >= 15 is 0 Å². The van der Waals surface area contributed by atoms with Gasteiger partial charge in [0, 0.05) is 33.2 Å². The molecule has 0 spiro atoms. The Labute approximate surface area is 115 Å². The van der Waals surface area contributed by atoms with Gasteiger partial charge < -0.3 is 19.9 Å². The summed E-state index contributed by atoms with van der Waals surface area (Å²) in [6.07, 6.45) is 1.46. The van der Waals surface area contributed by atoms with Crippen molar-refractivity contribution in [1.82, 2.24) is 15.1 Å². The number of likely N-dealkylation sites (N-methyl/N-ethyl adjacent to an activating group) is 1. The van der Waals surface area contributed by atoms with E-state index in [0.29, 0.717) is 19.7 Å². The van der Waals surface area contributed by atoms with Crippen LogP contribution in [0.3, 0.4) is 0 Å². The molecule has 1 unspecified atom stereocenters. The molecule has 1 aliphatic rings. The van der Waals surface area contributed by atoms with Crippen LogP contribution in [0.15, 0.2) is 0 Å². The van der Waals surface area contributed by atoms with Gasteiger partial charge in [0.25, 0.3) is 0 Å². The van der Waals surface area contributed by atoms with Crippen LogP contribution < -0.4 is 5.32 Å². The van der Waals surface area contributed by atoms with Crippen molar-refractivity contribution in [1.29, 1.82) is 0 Å². The van der Waals surface area contributed by atoms with Gasteiger partial charge in [-0.05, 0) is 26.7 Å². The third kappa shape index (κ3) is 4.70. The molecule has 1 heterocycles. The van der Waals surface area contributed by atoms with Crippen molar-refractivity contribution in [2.45, 2.75) is 38.8 Å². The molecule has 19 heavy (non-hydrogen) atoms. The molecule has 110 valence electrons. The highest BCUT2D eigenvalue weighted by Crippen LogP contribution is 2.12. The first-order chi connectivity index (χ1) is 8.95. The van der Waals surface area contributed by atoms with Gasteiger partial charge in [-0.3, -0.25) is 4.79 Å². The highest BCUT2D eigenvalue weighted by Gasteiger charge is 2.26. The number of likely N-dealkylation sites (tertiary alicyclic amines) is 1. The number of carbonyl (C=O) groups is 2. The lowest BCUT2D eigenvalue weighted by molar-refractivity contribution is -0.130. The molecular formula is C13H25N3O3. The van der Waals surface area contributed by atoms with Gasteiger partial charge in [-0.2, -0.15) is 0 Å². The van der Waals surface area contributed by atoms with Crippen molar-refractivity contribution in [3.8, 4) is 0 Å². The Bertz CT molecular complexity index is 312. The van der Waals surface area contributed by atoms with Crippen LogP contribution in [-0.4, -0.2) is 67.7 Å². The van der Waals surface area contributed by atoms with Crippen molar-refractivity contribution in [3.05, 3.63) is 0 Å². The van der Waals surface area contributed by atoms with Crippen LogP contribution in [0.4, 0.5) is 4.79 Å². The maximum Gasteiger partial charge on any atom is 0.409 e. The van der Waals surface area contributed by atoms with Crippen LogP contribution in [-0.2, 0) is 9.53 Å². The predicted molar refractivity (Wildman–Crippen MR) is 72.9 cm³/mol. The fraction of sp³-hybridized carbons (Fsp3) is 0.846. The molecule has 6 heteroatoms. The second-order valence-electron chi connectivity index (χ2n) is 5.08. The van der Waals surface area contributed by atoms with Gasteiger partial charge in [-0.15, -0.1) is 0 Å². The highest BCUT2D eigenvalue weighted by molar-refractivity contribution is 5.80. The maximum absolute atomic E-state index is 11.8. The number of nitrogens with one attached hydrogen (secondary N) is 1. The molecule has 1 saturated heterocycles. The minimum Gasteiger partial charge on any atom is -0.450 e. The lowest BCUT2D eigenvalue weighted by Crippen LogP contribution is -2.51. The molecule has 0 bridgehead atoms. The summed E-state index contributed by atoms with van der Waals surface area (Å²) >= 11 is 0. The molecule has 0 aromatic heterocycles. The first kappa shape index (κ1) is 15.8. The molecule has 0 radical (unpaired) electrons. The SMILES string of the molecule is CCOC(=O)N1CCC(NC(C)C(=O)N(C)C)CC1. The van der Waals surface area contributed by atoms with Gasteiger partial charge in [0.1, 0.15) is 0 Å². The van der Waals surface area contributed by atoms with Crippen LogP contribution in [0.5, 0.6) is 0 Å². The molecular weight excluding hydrogens is 246 g/mol. The average molecular weight is 271 g/mol. The molecule has 0 aliphatic carbocycles. The van der Waals surface area contributed by atoms with Crippen molar-refractivity contribution >= 4 is 12.0 Å². The largest absolute Gasteiger partial charge is 0.450 e. The molecule has 1 atom stereocenters. The number of amides is 2. The Kier molecular flexibility index (Phi) is 6.08. The minimum absolute atomic E-state index is 0.0767. The van der Waals surface area contributed by atoms with Crippen molar-refractivity contribution in [3.63, 3.8) is 0 Å². The van der Waals surface area contributed by atoms with E-state index < -0.39 is 0 Å². The number of carbonyl (C=O) groups excluding carboxylic acids is 2. The lowest BCUT2D eigenvalue weighted by atomic mass is 10.0.